The summed E-state index contributed by atoms with van der Waals surface area (Å²) in [4.78, 5) is 25.8. The molecule has 0 aliphatic heterocycles. The zero-order valence-corrected chi connectivity index (χ0v) is 13.0. The first-order valence-electron chi connectivity index (χ1n) is 7.81. The van der Waals surface area contributed by atoms with E-state index in [-0.39, 0.29) is 17.9 Å². The number of hydrogen-bond donors (Lipinski definition) is 2. The standard InChI is InChI=1S/C15H29N3O2/c1-4-18(5-2)15(20)11(3)17-14(19)10-12-7-6-8-13(16)9-12/h11-13H,4-10,16H2,1-3H3,(H,17,19). The number of hydrogen-bond acceptors (Lipinski definition) is 3. The summed E-state index contributed by atoms with van der Waals surface area (Å²) in [7, 11) is 0. The predicted molar refractivity (Wildman–Crippen MR) is 80.1 cm³/mol. The van der Waals surface area contributed by atoms with Gasteiger partial charge < -0.3 is 16.0 Å². The minimum Gasteiger partial charge on any atom is -0.345 e. The Balaban J connectivity index is 2.39. The van der Waals surface area contributed by atoms with Gasteiger partial charge in [-0.3, -0.25) is 9.59 Å². The van der Waals surface area contributed by atoms with Crippen LogP contribution in [-0.4, -0.2) is 41.9 Å². The molecule has 3 atom stereocenters. The average molecular weight is 283 g/mol. The van der Waals surface area contributed by atoms with E-state index in [1.54, 1.807) is 11.8 Å². The first-order valence-corrected chi connectivity index (χ1v) is 7.81. The van der Waals surface area contributed by atoms with Crippen molar-refractivity contribution in [1.29, 1.82) is 0 Å². The third-order valence-corrected chi connectivity index (χ3v) is 4.12. The largest absolute Gasteiger partial charge is 0.345 e. The highest BCUT2D eigenvalue weighted by Gasteiger charge is 2.24. The van der Waals surface area contributed by atoms with E-state index in [1.165, 1.54) is 0 Å². The Morgan fingerprint density at radius 1 is 1.30 bits per heavy atom. The van der Waals surface area contributed by atoms with Crippen LogP contribution >= 0.6 is 0 Å². The predicted octanol–water partition coefficient (Wildman–Crippen LogP) is 1.27. The van der Waals surface area contributed by atoms with Crippen molar-refractivity contribution in [3.63, 3.8) is 0 Å². The van der Waals surface area contributed by atoms with Gasteiger partial charge in [0.05, 0.1) is 0 Å². The lowest BCUT2D eigenvalue weighted by Gasteiger charge is -2.27. The molecule has 0 radical (unpaired) electrons. The van der Waals surface area contributed by atoms with Crippen LogP contribution in [0.25, 0.3) is 0 Å². The van der Waals surface area contributed by atoms with E-state index < -0.39 is 6.04 Å². The molecule has 3 unspecified atom stereocenters. The molecule has 0 aromatic carbocycles. The minimum absolute atomic E-state index is 0.0105. The van der Waals surface area contributed by atoms with Gasteiger partial charge in [0, 0.05) is 25.6 Å². The monoisotopic (exact) mass is 283 g/mol. The summed E-state index contributed by atoms with van der Waals surface area (Å²) in [6, 6.07) is -0.212. The van der Waals surface area contributed by atoms with Gasteiger partial charge in [-0.2, -0.15) is 0 Å². The van der Waals surface area contributed by atoms with Crippen LogP contribution in [0.2, 0.25) is 0 Å². The second-order valence-electron chi connectivity index (χ2n) is 5.80. The van der Waals surface area contributed by atoms with E-state index >= 15 is 0 Å². The molecular weight excluding hydrogens is 254 g/mol. The minimum atomic E-state index is -0.445. The summed E-state index contributed by atoms with van der Waals surface area (Å²) >= 11 is 0. The summed E-state index contributed by atoms with van der Waals surface area (Å²) < 4.78 is 0. The van der Waals surface area contributed by atoms with E-state index in [4.69, 9.17) is 5.73 Å². The molecule has 1 rings (SSSR count). The van der Waals surface area contributed by atoms with Crippen molar-refractivity contribution >= 4 is 11.8 Å². The lowest BCUT2D eigenvalue weighted by molar-refractivity contribution is -0.136. The second kappa shape index (κ2) is 8.25. The Bertz CT molecular complexity index is 329. The average Bonchev–Trinajstić information content (AvgIpc) is 2.39. The van der Waals surface area contributed by atoms with E-state index in [2.05, 4.69) is 5.32 Å². The van der Waals surface area contributed by atoms with Crippen molar-refractivity contribution in [3.05, 3.63) is 0 Å². The number of amides is 2. The fraction of sp³-hybridized carbons (Fsp3) is 0.867. The molecule has 5 nitrogen and oxygen atoms in total. The number of nitrogens with two attached hydrogens (primary N) is 1. The highest BCUT2D eigenvalue weighted by Crippen LogP contribution is 2.25. The molecule has 1 aliphatic carbocycles. The van der Waals surface area contributed by atoms with Crippen molar-refractivity contribution in [2.45, 2.75) is 65.0 Å². The highest BCUT2D eigenvalue weighted by molar-refractivity contribution is 5.87. The molecule has 0 heterocycles. The van der Waals surface area contributed by atoms with E-state index in [0.29, 0.717) is 25.4 Å². The van der Waals surface area contributed by atoms with E-state index in [0.717, 1.165) is 25.7 Å². The van der Waals surface area contributed by atoms with E-state index in [1.807, 2.05) is 13.8 Å². The number of rotatable bonds is 6. The lowest BCUT2D eigenvalue weighted by atomic mass is 9.84. The van der Waals surface area contributed by atoms with Crippen LogP contribution < -0.4 is 11.1 Å². The number of likely N-dealkylation sites (N-methyl/N-ethyl adjacent to an activating group) is 1. The van der Waals surface area contributed by atoms with Crippen LogP contribution in [0.15, 0.2) is 0 Å². The van der Waals surface area contributed by atoms with Crippen molar-refractivity contribution < 1.29 is 9.59 Å². The van der Waals surface area contributed by atoms with Gasteiger partial charge in [-0.15, -0.1) is 0 Å². The van der Waals surface area contributed by atoms with Crippen molar-refractivity contribution in [1.82, 2.24) is 10.2 Å². The zero-order valence-electron chi connectivity index (χ0n) is 13.0. The molecule has 1 saturated carbocycles. The molecule has 0 saturated heterocycles. The van der Waals surface area contributed by atoms with Gasteiger partial charge in [0.2, 0.25) is 11.8 Å². The van der Waals surface area contributed by atoms with Gasteiger partial charge in [-0.05, 0) is 46.0 Å². The van der Waals surface area contributed by atoms with Crippen molar-refractivity contribution in [2.24, 2.45) is 11.7 Å². The van der Waals surface area contributed by atoms with Crippen LogP contribution in [0.1, 0.15) is 52.9 Å². The van der Waals surface area contributed by atoms with Crippen LogP contribution in [-0.2, 0) is 9.59 Å². The van der Waals surface area contributed by atoms with Gasteiger partial charge >= 0.3 is 0 Å². The molecule has 0 aromatic heterocycles. The first kappa shape index (κ1) is 17.0. The number of nitrogens with zero attached hydrogens (tertiary/aromatic N) is 1. The Morgan fingerprint density at radius 2 is 1.95 bits per heavy atom. The maximum absolute atomic E-state index is 12.1. The number of carbonyl (C=O) groups is 2. The quantitative estimate of drug-likeness (QED) is 0.770. The maximum atomic E-state index is 12.1. The fourth-order valence-corrected chi connectivity index (χ4v) is 2.95. The van der Waals surface area contributed by atoms with Gasteiger partial charge in [-0.1, -0.05) is 6.42 Å². The van der Waals surface area contributed by atoms with Gasteiger partial charge in [-0.25, -0.2) is 0 Å². The Hall–Kier alpha value is -1.10. The molecule has 1 aliphatic rings. The normalized spacial score (nSPS) is 24.0. The summed E-state index contributed by atoms with van der Waals surface area (Å²) in [6.45, 7) is 6.99. The van der Waals surface area contributed by atoms with Crippen molar-refractivity contribution in [3.8, 4) is 0 Å². The molecule has 5 heteroatoms. The molecular formula is C15H29N3O2. The number of carbonyl (C=O) groups excluding carboxylic acids is 2. The second-order valence-corrected chi connectivity index (χ2v) is 5.80. The molecule has 20 heavy (non-hydrogen) atoms. The molecule has 116 valence electrons. The Morgan fingerprint density at radius 3 is 2.50 bits per heavy atom. The topological polar surface area (TPSA) is 75.4 Å². The van der Waals surface area contributed by atoms with Crippen LogP contribution in [0, 0.1) is 5.92 Å². The molecule has 0 bridgehead atoms. The lowest BCUT2D eigenvalue weighted by Crippen LogP contribution is -2.47. The molecule has 2 amide bonds. The smallest absolute Gasteiger partial charge is 0.244 e. The summed E-state index contributed by atoms with van der Waals surface area (Å²) in [5.41, 5.74) is 5.93. The van der Waals surface area contributed by atoms with E-state index in [9.17, 15) is 9.59 Å². The third-order valence-electron chi connectivity index (χ3n) is 4.12. The van der Waals surface area contributed by atoms with Gasteiger partial charge in [0.1, 0.15) is 6.04 Å². The fourth-order valence-electron chi connectivity index (χ4n) is 2.95. The number of nitrogens with one attached hydrogen (secondary N) is 1. The van der Waals surface area contributed by atoms with Crippen LogP contribution in [0.5, 0.6) is 0 Å². The molecule has 1 fully saturated rings. The van der Waals surface area contributed by atoms with Crippen LogP contribution in [0.4, 0.5) is 0 Å². The summed E-state index contributed by atoms with van der Waals surface area (Å²) in [5.74, 6) is 0.329. The summed E-state index contributed by atoms with van der Waals surface area (Å²) in [6.07, 6.45) is 4.65. The Labute approximate surface area is 122 Å². The maximum Gasteiger partial charge on any atom is 0.244 e. The van der Waals surface area contributed by atoms with Gasteiger partial charge in [0.25, 0.3) is 0 Å². The summed E-state index contributed by atoms with van der Waals surface area (Å²) in [5, 5.41) is 2.82. The molecule has 3 N–H and O–H groups in total. The first-order chi connectivity index (χ1) is 9.47. The molecule has 0 aromatic rings. The SMILES string of the molecule is CCN(CC)C(=O)C(C)NC(=O)CC1CCCC(N)C1. The molecule has 0 spiro atoms. The van der Waals surface area contributed by atoms with Gasteiger partial charge in [0.15, 0.2) is 0 Å². The third kappa shape index (κ3) is 5.12. The highest BCUT2D eigenvalue weighted by atomic mass is 16.2. The van der Waals surface area contributed by atoms with Crippen LogP contribution in [0.3, 0.4) is 0 Å². The van der Waals surface area contributed by atoms with Crippen molar-refractivity contribution in [2.75, 3.05) is 13.1 Å². The Kier molecular flexibility index (Phi) is 6.99. The zero-order chi connectivity index (χ0) is 15.1.